The third-order valence-electron chi connectivity index (χ3n) is 4.66. The van der Waals surface area contributed by atoms with E-state index in [-0.39, 0.29) is 11.1 Å². The zero-order chi connectivity index (χ0) is 19.2. The van der Waals surface area contributed by atoms with Crippen LogP contribution in [0.25, 0.3) is 6.08 Å². The van der Waals surface area contributed by atoms with Gasteiger partial charge in [-0.15, -0.1) is 0 Å². The highest BCUT2D eigenvalue weighted by atomic mass is 32.2. The van der Waals surface area contributed by atoms with Crippen LogP contribution in [0.5, 0.6) is 11.5 Å². The molecule has 1 aromatic rings. The number of amides is 2. The number of ether oxygens (including phenoxy) is 2. The van der Waals surface area contributed by atoms with E-state index in [1.54, 1.807) is 31.4 Å². The van der Waals surface area contributed by atoms with Gasteiger partial charge in [0, 0.05) is 0 Å². The summed E-state index contributed by atoms with van der Waals surface area (Å²) in [4.78, 5) is 28.1. The van der Waals surface area contributed by atoms with Gasteiger partial charge in [-0.3, -0.25) is 9.59 Å². The first-order valence-corrected chi connectivity index (χ1v) is 9.94. The quantitative estimate of drug-likeness (QED) is 0.573. The van der Waals surface area contributed by atoms with E-state index in [9.17, 15) is 9.59 Å². The van der Waals surface area contributed by atoms with E-state index < -0.39 is 0 Å². The average molecular weight is 389 g/mol. The van der Waals surface area contributed by atoms with Crippen LogP contribution < -0.4 is 14.4 Å². The van der Waals surface area contributed by atoms with Crippen molar-refractivity contribution in [3.8, 4) is 11.5 Å². The highest BCUT2D eigenvalue weighted by Gasteiger charge is 2.37. The predicted octanol–water partition coefficient (Wildman–Crippen LogP) is 2.32. The Kier molecular flexibility index (Phi) is 6.58. The van der Waals surface area contributed by atoms with Crippen molar-refractivity contribution in [2.75, 3.05) is 33.5 Å². The Morgan fingerprint density at radius 3 is 2.70 bits per heavy atom. The highest BCUT2D eigenvalue weighted by Crippen LogP contribution is 2.34. The lowest BCUT2D eigenvalue weighted by atomic mass is 10.1. The van der Waals surface area contributed by atoms with Crippen LogP contribution in [-0.2, 0) is 4.79 Å². The zero-order valence-electron chi connectivity index (χ0n) is 15.5. The maximum Gasteiger partial charge on any atom is 0.298 e. The molecule has 144 valence electrons. The third-order valence-corrected chi connectivity index (χ3v) is 5.57. The molecule has 3 rings (SSSR count). The Labute approximate surface area is 163 Å². The smallest absolute Gasteiger partial charge is 0.298 e. The second kappa shape index (κ2) is 9.10. The summed E-state index contributed by atoms with van der Waals surface area (Å²) in [5, 5.41) is -0.192. The number of rotatable bonds is 7. The monoisotopic (exact) mass is 389 g/mol. The molecule has 0 bridgehead atoms. The topological polar surface area (TPSA) is 60.3 Å². The molecular weight excluding hydrogens is 364 g/mol. The van der Waals surface area contributed by atoms with Crippen LogP contribution in [-0.4, -0.2) is 49.5 Å². The van der Waals surface area contributed by atoms with Gasteiger partial charge >= 0.3 is 0 Å². The Morgan fingerprint density at radius 1 is 1.22 bits per heavy atom. The summed E-state index contributed by atoms with van der Waals surface area (Å²) in [6.45, 7) is 6.50. The molecule has 0 radical (unpaired) electrons. The molecule has 2 heterocycles. The van der Waals surface area contributed by atoms with Crippen molar-refractivity contribution in [3.63, 3.8) is 0 Å². The van der Waals surface area contributed by atoms with Crippen LogP contribution in [0, 0.1) is 0 Å². The van der Waals surface area contributed by atoms with E-state index in [0.29, 0.717) is 29.7 Å². The number of thioether (sulfide) groups is 1. The van der Waals surface area contributed by atoms with Gasteiger partial charge in [0.1, 0.15) is 6.61 Å². The van der Waals surface area contributed by atoms with Gasteiger partial charge in [-0.2, -0.15) is 0 Å². The number of benzene rings is 1. The molecule has 0 aliphatic carbocycles. The summed E-state index contributed by atoms with van der Waals surface area (Å²) in [5.41, 5.74) is 0.786. The van der Waals surface area contributed by atoms with Gasteiger partial charge in [0.05, 0.1) is 25.1 Å². The number of quaternary nitrogens is 1. The molecule has 0 atom stereocenters. The Hall–Kier alpha value is -2.25. The van der Waals surface area contributed by atoms with Crippen molar-refractivity contribution in [3.05, 3.63) is 41.3 Å². The summed E-state index contributed by atoms with van der Waals surface area (Å²) in [6.07, 6.45) is 6.94. The lowest BCUT2D eigenvalue weighted by Crippen LogP contribution is -3.14. The number of piperidine rings is 1. The number of nitrogens with zero attached hydrogens (tertiary/aromatic N) is 1. The first-order valence-electron chi connectivity index (χ1n) is 9.13. The van der Waals surface area contributed by atoms with Gasteiger partial charge in [0.2, 0.25) is 0 Å². The average Bonchev–Trinajstić information content (AvgIpc) is 2.95. The molecule has 0 saturated carbocycles. The molecule has 2 saturated heterocycles. The van der Waals surface area contributed by atoms with Crippen LogP contribution in [0.1, 0.15) is 24.8 Å². The molecule has 7 heteroatoms. The lowest BCUT2D eigenvalue weighted by Gasteiger charge is -2.26. The molecule has 6 nitrogen and oxygen atoms in total. The van der Waals surface area contributed by atoms with Crippen LogP contribution in [0.4, 0.5) is 4.79 Å². The molecule has 0 spiro atoms. The molecule has 0 aromatic heterocycles. The number of imide groups is 1. The first kappa shape index (κ1) is 19.5. The van der Waals surface area contributed by atoms with Crippen LogP contribution >= 0.6 is 11.8 Å². The first-order chi connectivity index (χ1) is 13.1. The van der Waals surface area contributed by atoms with Gasteiger partial charge in [-0.05, 0) is 54.8 Å². The fraction of sp³-hybridized carbons (Fsp3) is 0.400. The van der Waals surface area contributed by atoms with Gasteiger partial charge < -0.3 is 14.4 Å². The predicted molar refractivity (Wildman–Crippen MR) is 106 cm³/mol. The molecule has 27 heavy (non-hydrogen) atoms. The lowest BCUT2D eigenvalue weighted by molar-refractivity contribution is -0.912. The summed E-state index contributed by atoms with van der Waals surface area (Å²) >= 11 is 0.997. The van der Waals surface area contributed by atoms with Crippen LogP contribution in [0.3, 0.4) is 0 Å². The number of methoxy groups -OCH3 is 1. The van der Waals surface area contributed by atoms with Crippen LogP contribution in [0.15, 0.2) is 35.8 Å². The number of likely N-dealkylation sites (tertiary alicyclic amines) is 1. The number of carbonyl (C=O) groups excluding carboxylic acids is 2. The van der Waals surface area contributed by atoms with E-state index in [1.807, 2.05) is 6.07 Å². The Balaban J connectivity index is 1.73. The second-order valence-electron chi connectivity index (χ2n) is 6.59. The van der Waals surface area contributed by atoms with Crippen molar-refractivity contribution in [1.82, 2.24) is 4.90 Å². The van der Waals surface area contributed by atoms with E-state index in [0.717, 1.165) is 43.3 Å². The molecule has 0 unspecified atom stereocenters. The van der Waals surface area contributed by atoms with E-state index in [1.165, 1.54) is 16.2 Å². The standard InChI is InChI=1S/C20H24N2O4S/c1-3-11-26-16-8-7-15(12-17(16)25-2)13-18-19(23)22(20(24)27-18)14-21-9-5-4-6-10-21/h3,7-8,12-13H,1,4-6,9-11,14H2,2H3/p+1/b18-13+. The molecule has 1 N–H and O–H groups in total. The van der Waals surface area contributed by atoms with Crippen LogP contribution in [0.2, 0.25) is 0 Å². The fourth-order valence-corrected chi connectivity index (χ4v) is 4.10. The fourth-order valence-electron chi connectivity index (χ4n) is 3.26. The molecular formula is C20H25N2O4S+. The van der Waals surface area contributed by atoms with Crippen molar-refractivity contribution < 1.29 is 24.0 Å². The van der Waals surface area contributed by atoms with Crippen molar-refractivity contribution >= 4 is 29.0 Å². The molecule has 2 fully saturated rings. The number of carbonyl (C=O) groups is 2. The largest absolute Gasteiger partial charge is 0.493 e. The van der Waals surface area contributed by atoms with Gasteiger partial charge in [-0.1, -0.05) is 18.7 Å². The van der Waals surface area contributed by atoms with Crippen molar-refractivity contribution in [1.29, 1.82) is 0 Å². The minimum atomic E-state index is -0.214. The second-order valence-corrected chi connectivity index (χ2v) is 7.58. The van der Waals surface area contributed by atoms with Crippen molar-refractivity contribution in [2.45, 2.75) is 19.3 Å². The maximum absolute atomic E-state index is 12.7. The summed E-state index contributed by atoms with van der Waals surface area (Å²) in [5.74, 6) is 0.966. The highest BCUT2D eigenvalue weighted by molar-refractivity contribution is 8.18. The van der Waals surface area contributed by atoms with Gasteiger partial charge in [-0.25, -0.2) is 4.90 Å². The number of hydrogen-bond acceptors (Lipinski definition) is 5. The number of nitrogens with one attached hydrogen (secondary N) is 1. The third kappa shape index (κ3) is 4.73. The number of hydrogen-bond donors (Lipinski definition) is 1. The Morgan fingerprint density at radius 2 is 2.00 bits per heavy atom. The van der Waals surface area contributed by atoms with Gasteiger partial charge in [0.15, 0.2) is 18.2 Å². The van der Waals surface area contributed by atoms with Gasteiger partial charge in [0.25, 0.3) is 11.1 Å². The molecule has 2 aliphatic heterocycles. The normalized spacial score (nSPS) is 19.6. The maximum atomic E-state index is 12.7. The minimum absolute atomic E-state index is 0.192. The molecule has 1 aromatic carbocycles. The van der Waals surface area contributed by atoms with Crippen molar-refractivity contribution in [2.24, 2.45) is 0 Å². The molecule has 2 aliphatic rings. The summed E-state index contributed by atoms with van der Waals surface area (Å²) in [6, 6.07) is 5.42. The van der Waals surface area contributed by atoms with E-state index in [2.05, 4.69) is 6.58 Å². The summed E-state index contributed by atoms with van der Waals surface area (Å²) in [7, 11) is 1.56. The molecule has 2 amide bonds. The zero-order valence-corrected chi connectivity index (χ0v) is 16.3. The minimum Gasteiger partial charge on any atom is -0.493 e. The summed E-state index contributed by atoms with van der Waals surface area (Å²) < 4.78 is 10.9. The Bertz CT molecular complexity index is 756. The van der Waals surface area contributed by atoms with E-state index >= 15 is 0 Å². The SMILES string of the molecule is C=CCOc1ccc(/C=C2/SC(=O)N(C[NH+]3CCCCC3)C2=O)cc1OC. The van der Waals surface area contributed by atoms with E-state index in [4.69, 9.17) is 9.47 Å².